The predicted octanol–water partition coefficient (Wildman–Crippen LogP) is 0.553. The molecule has 80 valence electrons. The van der Waals surface area contributed by atoms with Crippen LogP contribution in [-0.2, 0) is 7.05 Å². The first kappa shape index (κ1) is 11.0. The van der Waals surface area contributed by atoms with E-state index in [1.807, 2.05) is 7.05 Å². The SMILES string of the molecule is CC(C)CC(NN)c1cnn(C)c1N. The molecule has 0 fully saturated rings. The standard InChI is InChI=1S/C9H19N5/c1-6(2)4-8(13-11)7-5-12-14(3)9(7)10/h5-6,8,13H,4,10-11H2,1-3H3. The Morgan fingerprint density at radius 3 is 2.57 bits per heavy atom. The van der Waals surface area contributed by atoms with Crippen LogP contribution in [0.3, 0.4) is 0 Å². The van der Waals surface area contributed by atoms with Crippen molar-refractivity contribution in [3.63, 3.8) is 0 Å². The first-order valence-corrected chi connectivity index (χ1v) is 4.79. The molecule has 1 unspecified atom stereocenters. The number of nitrogens with one attached hydrogen (secondary N) is 1. The normalized spacial score (nSPS) is 13.5. The minimum absolute atomic E-state index is 0.0868. The second kappa shape index (κ2) is 4.43. The van der Waals surface area contributed by atoms with Crippen LogP contribution >= 0.6 is 0 Å². The number of aryl methyl sites for hydroxylation is 1. The van der Waals surface area contributed by atoms with Gasteiger partial charge in [0.2, 0.25) is 0 Å². The number of hydrazine groups is 1. The van der Waals surface area contributed by atoms with E-state index in [0.29, 0.717) is 11.7 Å². The van der Waals surface area contributed by atoms with Gasteiger partial charge in [-0.3, -0.25) is 16.0 Å². The molecule has 1 aromatic heterocycles. The lowest BCUT2D eigenvalue weighted by atomic mass is 9.99. The monoisotopic (exact) mass is 197 g/mol. The molecule has 0 aromatic carbocycles. The second-order valence-corrected chi connectivity index (χ2v) is 3.96. The summed E-state index contributed by atoms with van der Waals surface area (Å²) in [5, 5.41) is 4.09. The Kier molecular flexibility index (Phi) is 3.49. The number of anilines is 1. The van der Waals surface area contributed by atoms with Crippen LogP contribution in [0.5, 0.6) is 0 Å². The minimum atomic E-state index is 0.0868. The molecule has 1 aromatic rings. The molecule has 0 saturated heterocycles. The topological polar surface area (TPSA) is 81.9 Å². The second-order valence-electron chi connectivity index (χ2n) is 3.96. The molecule has 5 nitrogen and oxygen atoms in total. The number of nitrogens with two attached hydrogens (primary N) is 2. The van der Waals surface area contributed by atoms with Gasteiger partial charge in [-0.25, -0.2) is 0 Å². The van der Waals surface area contributed by atoms with Crippen molar-refractivity contribution in [1.82, 2.24) is 15.2 Å². The number of aromatic nitrogens is 2. The van der Waals surface area contributed by atoms with Crippen LogP contribution < -0.4 is 17.0 Å². The summed E-state index contributed by atoms with van der Waals surface area (Å²) in [6, 6.07) is 0.0868. The van der Waals surface area contributed by atoms with Crippen LogP contribution in [0.1, 0.15) is 31.9 Å². The average molecular weight is 197 g/mol. The van der Waals surface area contributed by atoms with E-state index in [0.717, 1.165) is 12.0 Å². The van der Waals surface area contributed by atoms with Gasteiger partial charge in [-0.05, 0) is 12.3 Å². The van der Waals surface area contributed by atoms with Gasteiger partial charge in [0.05, 0.1) is 12.2 Å². The van der Waals surface area contributed by atoms with Crippen molar-refractivity contribution in [2.45, 2.75) is 26.3 Å². The summed E-state index contributed by atoms with van der Waals surface area (Å²) >= 11 is 0. The fourth-order valence-electron chi connectivity index (χ4n) is 1.49. The molecule has 0 aliphatic heterocycles. The fraction of sp³-hybridized carbons (Fsp3) is 0.667. The summed E-state index contributed by atoms with van der Waals surface area (Å²) in [5.74, 6) is 6.73. The highest BCUT2D eigenvalue weighted by atomic mass is 15.3. The molecular weight excluding hydrogens is 178 g/mol. The molecule has 0 aliphatic carbocycles. The largest absolute Gasteiger partial charge is 0.384 e. The summed E-state index contributed by atoms with van der Waals surface area (Å²) in [6.07, 6.45) is 2.72. The van der Waals surface area contributed by atoms with Gasteiger partial charge in [0.1, 0.15) is 5.82 Å². The average Bonchev–Trinajstić information content (AvgIpc) is 2.44. The van der Waals surface area contributed by atoms with Crippen molar-refractivity contribution in [2.75, 3.05) is 5.73 Å². The van der Waals surface area contributed by atoms with E-state index in [2.05, 4.69) is 24.4 Å². The third-order valence-corrected chi connectivity index (χ3v) is 2.30. The number of hydrogen-bond acceptors (Lipinski definition) is 4. The quantitative estimate of drug-likeness (QED) is 0.486. The van der Waals surface area contributed by atoms with Crippen LogP contribution in [-0.4, -0.2) is 9.78 Å². The lowest BCUT2D eigenvalue weighted by Crippen LogP contribution is -2.29. The van der Waals surface area contributed by atoms with E-state index in [-0.39, 0.29) is 6.04 Å². The Balaban J connectivity index is 2.84. The van der Waals surface area contributed by atoms with Crippen LogP contribution in [0.25, 0.3) is 0 Å². The van der Waals surface area contributed by atoms with E-state index in [1.54, 1.807) is 10.9 Å². The third kappa shape index (κ3) is 2.24. The van der Waals surface area contributed by atoms with E-state index in [9.17, 15) is 0 Å². The van der Waals surface area contributed by atoms with Gasteiger partial charge in [-0.15, -0.1) is 0 Å². The molecule has 1 heterocycles. The van der Waals surface area contributed by atoms with Crippen molar-refractivity contribution in [1.29, 1.82) is 0 Å². The van der Waals surface area contributed by atoms with Gasteiger partial charge >= 0.3 is 0 Å². The number of hydrogen-bond donors (Lipinski definition) is 3. The van der Waals surface area contributed by atoms with Gasteiger partial charge in [0, 0.05) is 12.6 Å². The maximum atomic E-state index is 5.86. The Morgan fingerprint density at radius 1 is 1.57 bits per heavy atom. The van der Waals surface area contributed by atoms with Crippen molar-refractivity contribution >= 4 is 5.82 Å². The Labute approximate surface area is 84.4 Å². The highest BCUT2D eigenvalue weighted by Crippen LogP contribution is 2.24. The van der Waals surface area contributed by atoms with Crippen molar-refractivity contribution in [2.24, 2.45) is 18.8 Å². The predicted molar refractivity (Wildman–Crippen MR) is 57.1 cm³/mol. The third-order valence-electron chi connectivity index (χ3n) is 2.30. The molecule has 0 radical (unpaired) electrons. The van der Waals surface area contributed by atoms with Crippen molar-refractivity contribution in [3.8, 4) is 0 Å². The van der Waals surface area contributed by atoms with Gasteiger partial charge in [0.15, 0.2) is 0 Å². The summed E-state index contributed by atoms with van der Waals surface area (Å²) in [7, 11) is 1.82. The Hall–Kier alpha value is -1.07. The Bertz CT molecular complexity index is 291. The lowest BCUT2D eigenvalue weighted by Gasteiger charge is -2.17. The van der Waals surface area contributed by atoms with Gasteiger partial charge in [-0.1, -0.05) is 13.8 Å². The fourth-order valence-corrected chi connectivity index (χ4v) is 1.49. The molecule has 14 heavy (non-hydrogen) atoms. The highest BCUT2D eigenvalue weighted by Gasteiger charge is 2.16. The van der Waals surface area contributed by atoms with Gasteiger partial charge in [0.25, 0.3) is 0 Å². The zero-order valence-corrected chi connectivity index (χ0v) is 8.99. The zero-order chi connectivity index (χ0) is 10.7. The maximum absolute atomic E-state index is 5.86. The summed E-state index contributed by atoms with van der Waals surface area (Å²) in [4.78, 5) is 0. The molecular formula is C9H19N5. The van der Waals surface area contributed by atoms with E-state index < -0.39 is 0 Å². The smallest absolute Gasteiger partial charge is 0.126 e. The van der Waals surface area contributed by atoms with Crippen LogP contribution in [0.15, 0.2) is 6.20 Å². The highest BCUT2D eigenvalue weighted by molar-refractivity contribution is 5.40. The van der Waals surface area contributed by atoms with Crippen molar-refractivity contribution < 1.29 is 0 Å². The molecule has 0 saturated carbocycles. The van der Waals surface area contributed by atoms with Crippen molar-refractivity contribution in [3.05, 3.63) is 11.8 Å². The molecule has 1 rings (SSSR count). The molecule has 0 aliphatic rings. The van der Waals surface area contributed by atoms with Gasteiger partial charge < -0.3 is 5.73 Å². The number of rotatable bonds is 4. The zero-order valence-electron chi connectivity index (χ0n) is 8.99. The van der Waals surface area contributed by atoms with Crippen LogP contribution in [0.2, 0.25) is 0 Å². The summed E-state index contributed by atoms with van der Waals surface area (Å²) in [6.45, 7) is 4.30. The summed E-state index contributed by atoms with van der Waals surface area (Å²) < 4.78 is 1.65. The van der Waals surface area contributed by atoms with Gasteiger partial charge in [-0.2, -0.15) is 5.10 Å². The first-order valence-electron chi connectivity index (χ1n) is 4.79. The number of nitrogen functional groups attached to an aromatic ring is 1. The molecule has 0 spiro atoms. The van der Waals surface area contributed by atoms with Crippen LogP contribution in [0.4, 0.5) is 5.82 Å². The lowest BCUT2D eigenvalue weighted by molar-refractivity contribution is 0.439. The summed E-state index contributed by atoms with van der Waals surface area (Å²) in [5.41, 5.74) is 9.61. The van der Waals surface area contributed by atoms with Crippen LogP contribution in [0, 0.1) is 5.92 Å². The van der Waals surface area contributed by atoms with E-state index in [4.69, 9.17) is 11.6 Å². The van der Waals surface area contributed by atoms with E-state index >= 15 is 0 Å². The molecule has 5 N–H and O–H groups in total. The molecule has 0 amide bonds. The van der Waals surface area contributed by atoms with E-state index in [1.165, 1.54) is 0 Å². The number of nitrogens with zero attached hydrogens (tertiary/aromatic N) is 2. The maximum Gasteiger partial charge on any atom is 0.126 e. The Morgan fingerprint density at radius 2 is 2.21 bits per heavy atom. The molecule has 1 atom stereocenters. The minimum Gasteiger partial charge on any atom is -0.384 e. The first-order chi connectivity index (χ1) is 6.56. The molecule has 5 heteroatoms. The molecule has 0 bridgehead atoms.